The first-order valence-corrected chi connectivity index (χ1v) is 12.1. The minimum absolute atomic E-state index is 0.00769. The van der Waals surface area contributed by atoms with Gasteiger partial charge in [0.15, 0.2) is 5.76 Å². The van der Waals surface area contributed by atoms with Crippen LogP contribution < -0.4 is 10.2 Å². The second kappa shape index (κ2) is 10.5. The number of halogens is 3. The van der Waals surface area contributed by atoms with Crippen molar-refractivity contribution in [1.29, 1.82) is 0 Å². The molecule has 11 heteroatoms. The molecule has 0 radical (unpaired) electrons. The highest BCUT2D eigenvalue weighted by molar-refractivity contribution is 9.11. The van der Waals surface area contributed by atoms with Gasteiger partial charge in [-0.3, -0.25) is 14.9 Å². The number of carbonyl (C=O) groups excluding carboxylic acids is 1. The maximum Gasteiger partial charge on any atom is 0.307 e. The maximum atomic E-state index is 12.4. The SMILES string of the molecule is O=C(N/N=C/c1cc(Br)c(OCc2ccc(Br)cc2)c(Br)c1)c1cc2cc([N+](=O)[O-])ccc2o1. The fourth-order valence-electron chi connectivity index (χ4n) is 3.00. The number of rotatable bonds is 7. The van der Waals surface area contributed by atoms with Crippen molar-refractivity contribution in [2.45, 2.75) is 6.61 Å². The Labute approximate surface area is 218 Å². The first kappa shape index (κ1) is 24.1. The zero-order valence-corrected chi connectivity index (χ0v) is 21.9. The maximum absolute atomic E-state index is 12.4. The first-order chi connectivity index (χ1) is 16.3. The van der Waals surface area contributed by atoms with E-state index in [1.807, 2.05) is 24.3 Å². The van der Waals surface area contributed by atoms with E-state index in [2.05, 4.69) is 58.3 Å². The third-order valence-corrected chi connectivity index (χ3v) is 6.34. The molecule has 0 bridgehead atoms. The Balaban J connectivity index is 1.41. The number of hydrogen-bond donors (Lipinski definition) is 1. The standard InChI is InChI=1S/C23H14Br3N3O5/c24-16-3-1-13(2-4-16)12-33-22-18(25)7-14(8-19(22)26)11-27-28-23(30)21-10-15-9-17(29(31)32)5-6-20(15)34-21/h1-11H,12H2,(H,28,30)/b27-11+. The quantitative estimate of drug-likeness (QED) is 0.132. The molecule has 1 N–H and O–H groups in total. The predicted molar refractivity (Wildman–Crippen MR) is 138 cm³/mol. The summed E-state index contributed by atoms with van der Waals surface area (Å²) >= 11 is 10.4. The van der Waals surface area contributed by atoms with E-state index < -0.39 is 10.8 Å². The van der Waals surface area contributed by atoms with Crippen molar-refractivity contribution in [2.24, 2.45) is 5.10 Å². The van der Waals surface area contributed by atoms with E-state index in [4.69, 9.17) is 9.15 Å². The van der Waals surface area contributed by atoms with Crippen molar-refractivity contribution in [2.75, 3.05) is 0 Å². The topological polar surface area (TPSA) is 107 Å². The summed E-state index contributed by atoms with van der Waals surface area (Å²) in [5.41, 5.74) is 4.40. The molecule has 172 valence electrons. The van der Waals surface area contributed by atoms with Crippen LogP contribution in [-0.4, -0.2) is 17.0 Å². The molecule has 4 rings (SSSR count). The van der Waals surface area contributed by atoms with Crippen molar-refractivity contribution in [3.8, 4) is 5.75 Å². The van der Waals surface area contributed by atoms with Gasteiger partial charge in [0.1, 0.15) is 17.9 Å². The highest BCUT2D eigenvalue weighted by Crippen LogP contribution is 2.35. The van der Waals surface area contributed by atoms with Crippen molar-refractivity contribution in [3.05, 3.63) is 101 Å². The van der Waals surface area contributed by atoms with E-state index in [9.17, 15) is 14.9 Å². The van der Waals surface area contributed by atoms with E-state index >= 15 is 0 Å². The van der Waals surface area contributed by atoms with Gasteiger partial charge in [0.2, 0.25) is 0 Å². The number of benzene rings is 3. The summed E-state index contributed by atoms with van der Waals surface area (Å²) in [5, 5.41) is 15.3. The largest absolute Gasteiger partial charge is 0.487 e. The molecule has 0 aliphatic heterocycles. The van der Waals surface area contributed by atoms with E-state index in [1.54, 1.807) is 12.1 Å². The summed E-state index contributed by atoms with van der Waals surface area (Å²) in [6.45, 7) is 0.397. The summed E-state index contributed by atoms with van der Waals surface area (Å²) in [6, 6.07) is 17.0. The fourth-order valence-corrected chi connectivity index (χ4v) is 4.72. The normalized spacial score (nSPS) is 11.1. The van der Waals surface area contributed by atoms with Crippen LogP contribution in [-0.2, 0) is 6.61 Å². The fraction of sp³-hybridized carbons (Fsp3) is 0.0435. The molecule has 0 spiro atoms. The van der Waals surface area contributed by atoms with Gasteiger partial charge >= 0.3 is 5.91 Å². The van der Waals surface area contributed by atoms with Gasteiger partial charge in [-0.25, -0.2) is 5.43 Å². The van der Waals surface area contributed by atoms with Gasteiger partial charge in [0.25, 0.3) is 5.69 Å². The summed E-state index contributed by atoms with van der Waals surface area (Å²) < 4.78 is 13.8. The van der Waals surface area contributed by atoms with E-state index in [0.29, 0.717) is 37.8 Å². The van der Waals surface area contributed by atoms with Crippen LogP contribution in [0.1, 0.15) is 21.7 Å². The molecule has 0 saturated carbocycles. The molecule has 4 aromatic rings. The zero-order chi connectivity index (χ0) is 24.2. The highest BCUT2D eigenvalue weighted by atomic mass is 79.9. The Kier molecular flexibility index (Phi) is 7.44. The predicted octanol–water partition coefficient (Wildman–Crippen LogP) is 6.97. The molecule has 8 nitrogen and oxygen atoms in total. The van der Waals surface area contributed by atoms with Crippen LogP contribution in [0.2, 0.25) is 0 Å². The number of nitrogens with zero attached hydrogens (tertiary/aromatic N) is 2. The number of amides is 1. The van der Waals surface area contributed by atoms with Gasteiger partial charge in [0, 0.05) is 22.0 Å². The molecular weight excluding hydrogens is 638 g/mol. The number of fused-ring (bicyclic) bond motifs is 1. The number of furan rings is 1. The molecule has 0 fully saturated rings. The molecular formula is C23H14Br3N3O5. The second-order valence-corrected chi connectivity index (χ2v) is 9.64. The Morgan fingerprint density at radius 3 is 2.44 bits per heavy atom. The minimum atomic E-state index is -0.581. The van der Waals surface area contributed by atoms with Gasteiger partial charge in [-0.2, -0.15) is 5.10 Å². The van der Waals surface area contributed by atoms with Crippen LogP contribution in [0.25, 0.3) is 11.0 Å². The van der Waals surface area contributed by atoms with Crippen molar-refractivity contribution >= 4 is 76.6 Å². The summed E-state index contributed by atoms with van der Waals surface area (Å²) in [5.74, 6) is 0.0508. The van der Waals surface area contributed by atoms with E-state index in [0.717, 1.165) is 10.0 Å². The molecule has 1 aromatic heterocycles. The Morgan fingerprint density at radius 2 is 1.76 bits per heavy atom. The lowest BCUT2D eigenvalue weighted by molar-refractivity contribution is -0.384. The lowest BCUT2D eigenvalue weighted by Gasteiger charge is -2.11. The number of non-ortho nitro benzene ring substituents is 1. The number of hydrazone groups is 1. The molecule has 3 aromatic carbocycles. The molecule has 0 saturated heterocycles. The van der Waals surface area contributed by atoms with Gasteiger partial charge in [0.05, 0.1) is 20.1 Å². The number of carbonyl (C=O) groups is 1. The van der Waals surface area contributed by atoms with Crippen LogP contribution in [0.3, 0.4) is 0 Å². The lowest BCUT2D eigenvalue weighted by Crippen LogP contribution is -2.16. The second-order valence-electron chi connectivity index (χ2n) is 7.02. The highest BCUT2D eigenvalue weighted by Gasteiger charge is 2.15. The van der Waals surface area contributed by atoms with Gasteiger partial charge in [-0.05, 0) is 79.4 Å². The van der Waals surface area contributed by atoms with Crippen molar-refractivity contribution < 1.29 is 18.9 Å². The molecule has 0 atom stereocenters. The number of nitrogens with one attached hydrogen (secondary N) is 1. The van der Waals surface area contributed by atoms with Gasteiger partial charge in [-0.15, -0.1) is 0 Å². The number of nitro groups is 1. The average molecular weight is 652 g/mol. The monoisotopic (exact) mass is 649 g/mol. The molecule has 0 aliphatic rings. The van der Waals surface area contributed by atoms with Crippen LogP contribution in [0.15, 0.2) is 83.6 Å². The van der Waals surface area contributed by atoms with Gasteiger partial charge in [-0.1, -0.05) is 28.1 Å². The van der Waals surface area contributed by atoms with Crippen molar-refractivity contribution in [3.63, 3.8) is 0 Å². The van der Waals surface area contributed by atoms with E-state index in [1.165, 1.54) is 30.5 Å². The first-order valence-electron chi connectivity index (χ1n) is 9.68. The summed E-state index contributed by atoms with van der Waals surface area (Å²) in [7, 11) is 0. The minimum Gasteiger partial charge on any atom is -0.487 e. The number of ether oxygens (including phenoxy) is 1. The number of hydrogen-bond acceptors (Lipinski definition) is 6. The Bertz CT molecular complexity index is 1390. The van der Waals surface area contributed by atoms with Crippen LogP contribution in [0.5, 0.6) is 5.75 Å². The van der Waals surface area contributed by atoms with E-state index in [-0.39, 0.29) is 11.4 Å². The van der Waals surface area contributed by atoms with Crippen LogP contribution >= 0.6 is 47.8 Å². The van der Waals surface area contributed by atoms with Crippen LogP contribution in [0.4, 0.5) is 5.69 Å². The van der Waals surface area contributed by atoms with Crippen LogP contribution in [0, 0.1) is 10.1 Å². The Morgan fingerprint density at radius 1 is 1.06 bits per heavy atom. The summed E-state index contributed by atoms with van der Waals surface area (Å²) in [6.07, 6.45) is 1.47. The molecule has 1 heterocycles. The van der Waals surface area contributed by atoms with Gasteiger partial charge < -0.3 is 9.15 Å². The molecule has 0 aliphatic carbocycles. The number of nitro benzene ring substituents is 1. The third kappa shape index (κ3) is 5.72. The summed E-state index contributed by atoms with van der Waals surface area (Å²) in [4.78, 5) is 22.8. The Hall–Kier alpha value is -3.02. The van der Waals surface area contributed by atoms with Crippen molar-refractivity contribution in [1.82, 2.24) is 5.43 Å². The third-order valence-electron chi connectivity index (χ3n) is 4.63. The zero-order valence-electron chi connectivity index (χ0n) is 17.1. The molecule has 0 unspecified atom stereocenters. The molecule has 1 amide bonds. The smallest absolute Gasteiger partial charge is 0.307 e. The average Bonchev–Trinajstić information content (AvgIpc) is 3.23. The molecule has 34 heavy (non-hydrogen) atoms. The lowest BCUT2D eigenvalue weighted by atomic mass is 10.2.